The van der Waals surface area contributed by atoms with E-state index in [9.17, 15) is 4.79 Å². The molecule has 3 aromatic carbocycles. The predicted octanol–water partition coefficient (Wildman–Crippen LogP) is 5.63. The molecule has 0 spiro atoms. The van der Waals surface area contributed by atoms with Crippen LogP contribution in [0.3, 0.4) is 0 Å². The van der Waals surface area contributed by atoms with Crippen LogP contribution in [-0.2, 0) is 19.5 Å². The average Bonchev–Trinajstić information content (AvgIpc) is 3.29. The Morgan fingerprint density at radius 3 is 2.03 bits per heavy atom. The van der Waals surface area contributed by atoms with Crippen LogP contribution in [0.5, 0.6) is 0 Å². The van der Waals surface area contributed by atoms with Crippen LogP contribution in [0.25, 0.3) is 0 Å². The minimum Gasteiger partial charge on any atom is -0.455 e. The summed E-state index contributed by atoms with van der Waals surface area (Å²) in [4.78, 5) is 15.2. The summed E-state index contributed by atoms with van der Waals surface area (Å²) in [5.41, 5.74) is 3.48. The minimum absolute atomic E-state index is 0.139. The lowest BCUT2D eigenvalue weighted by atomic mass is 9.99. The Labute approximate surface area is 189 Å². The monoisotopic (exact) mass is 424 g/mol. The Bertz CT molecular complexity index is 1110. The molecule has 1 N–H and O–H groups in total. The fourth-order valence-corrected chi connectivity index (χ4v) is 3.82. The van der Waals surface area contributed by atoms with Crippen LogP contribution in [-0.4, -0.2) is 17.9 Å². The molecule has 0 fully saturated rings. The second-order valence-electron chi connectivity index (χ2n) is 8.05. The molecular weight excluding hydrogens is 396 g/mol. The maximum atomic E-state index is 13.0. The number of hydrogen-bond donors (Lipinski definition) is 1. The van der Waals surface area contributed by atoms with Gasteiger partial charge in [0.15, 0.2) is 5.76 Å². The van der Waals surface area contributed by atoms with Gasteiger partial charge in [-0.05, 0) is 42.3 Å². The Kier molecular flexibility index (Phi) is 7.15. The second-order valence-corrected chi connectivity index (χ2v) is 8.05. The highest BCUT2D eigenvalue weighted by molar-refractivity contribution is 5.91. The lowest BCUT2D eigenvalue weighted by molar-refractivity contribution is 0.0904. The van der Waals surface area contributed by atoms with Crippen LogP contribution in [0.2, 0.25) is 0 Å². The summed E-state index contributed by atoms with van der Waals surface area (Å²) in [7, 11) is 2.04. The highest BCUT2D eigenvalue weighted by atomic mass is 16.4. The van der Waals surface area contributed by atoms with Crippen molar-refractivity contribution in [3.63, 3.8) is 0 Å². The van der Waals surface area contributed by atoms with E-state index in [1.54, 1.807) is 6.07 Å². The number of nitrogens with zero attached hydrogens (tertiary/aromatic N) is 1. The van der Waals surface area contributed by atoms with Gasteiger partial charge in [-0.1, -0.05) is 91.0 Å². The van der Waals surface area contributed by atoms with Crippen molar-refractivity contribution in [2.24, 2.45) is 0 Å². The number of hydrogen-bond acceptors (Lipinski definition) is 3. The van der Waals surface area contributed by atoms with E-state index in [-0.39, 0.29) is 11.9 Å². The van der Waals surface area contributed by atoms with Gasteiger partial charge >= 0.3 is 0 Å². The van der Waals surface area contributed by atoms with E-state index >= 15 is 0 Å². The lowest BCUT2D eigenvalue weighted by Gasteiger charge is -2.19. The predicted molar refractivity (Wildman–Crippen MR) is 127 cm³/mol. The van der Waals surface area contributed by atoms with Crippen molar-refractivity contribution in [1.82, 2.24) is 10.2 Å². The van der Waals surface area contributed by atoms with Crippen molar-refractivity contribution in [3.8, 4) is 0 Å². The van der Waals surface area contributed by atoms with Gasteiger partial charge < -0.3 is 9.73 Å². The largest absolute Gasteiger partial charge is 0.455 e. The highest BCUT2D eigenvalue weighted by Crippen LogP contribution is 2.20. The number of carbonyl (C=O) groups is 1. The number of furan rings is 1. The normalized spacial score (nSPS) is 11.9. The van der Waals surface area contributed by atoms with Crippen LogP contribution in [0, 0.1) is 0 Å². The summed E-state index contributed by atoms with van der Waals surface area (Å²) in [5.74, 6) is 0.904. The molecule has 0 unspecified atom stereocenters. The van der Waals surface area contributed by atoms with Crippen molar-refractivity contribution in [3.05, 3.63) is 131 Å². The van der Waals surface area contributed by atoms with Gasteiger partial charge in [0.2, 0.25) is 0 Å². The first-order valence-corrected chi connectivity index (χ1v) is 10.9. The summed E-state index contributed by atoms with van der Waals surface area (Å²) in [6.07, 6.45) is 0.712. The topological polar surface area (TPSA) is 45.5 Å². The molecule has 0 aliphatic rings. The third kappa shape index (κ3) is 5.96. The van der Waals surface area contributed by atoms with Gasteiger partial charge in [0.25, 0.3) is 5.91 Å². The smallest absolute Gasteiger partial charge is 0.287 e. The van der Waals surface area contributed by atoms with Crippen molar-refractivity contribution < 1.29 is 9.21 Å². The Hall–Kier alpha value is -3.63. The van der Waals surface area contributed by atoms with Gasteiger partial charge in [-0.2, -0.15) is 0 Å². The first kappa shape index (κ1) is 21.6. The summed E-state index contributed by atoms with van der Waals surface area (Å²) in [6, 6.07) is 34.0. The van der Waals surface area contributed by atoms with Crippen LogP contribution < -0.4 is 5.32 Å². The van der Waals surface area contributed by atoms with Crippen molar-refractivity contribution >= 4 is 5.91 Å². The number of rotatable bonds is 9. The van der Waals surface area contributed by atoms with Gasteiger partial charge in [-0.25, -0.2) is 0 Å². The summed E-state index contributed by atoms with van der Waals surface area (Å²) in [5, 5.41) is 3.16. The minimum atomic E-state index is -0.202. The van der Waals surface area contributed by atoms with Gasteiger partial charge in [-0.3, -0.25) is 9.69 Å². The van der Waals surface area contributed by atoms with Gasteiger partial charge in [-0.15, -0.1) is 0 Å². The first-order chi connectivity index (χ1) is 15.7. The van der Waals surface area contributed by atoms with Gasteiger partial charge in [0.05, 0.1) is 12.6 Å². The average molecular weight is 425 g/mol. The van der Waals surface area contributed by atoms with Gasteiger partial charge in [0, 0.05) is 6.54 Å². The third-order valence-electron chi connectivity index (χ3n) is 5.40. The summed E-state index contributed by atoms with van der Waals surface area (Å²) >= 11 is 0. The number of amides is 1. The molecular formula is C28H28N2O2. The molecule has 1 amide bonds. The molecule has 4 heteroatoms. The maximum Gasteiger partial charge on any atom is 0.287 e. The van der Waals surface area contributed by atoms with E-state index in [1.807, 2.05) is 79.8 Å². The molecule has 0 aliphatic carbocycles. The molecule has 0 saturated carbocycles. The summed E-state index contributed by atoms with van der Waals surface area (Å²) < 4.78 is 5.89. The number of nitrogens with one attached hydrogen (secondary N) is 1. The summed E-state index contributed by atoms with van der Waals surface area (Å²) in [6.45, 7) is 1.45. The van der Waals surface area contributed by atoms with Crippen LogP contribution in [0.4, 0.5) is 0 Å². The maximum absolute atomic E-state index is 13.0. The van der Waals surface area contributed by atoms with E-state index in [0.29, 0.717) is 18.7 Å². The molecule has 0 radical (unpaired) electrons. The fourth-order valence-electron chi connectivity index (χ4n) is 3.82. The SMILES string of the molecule is CN(Cc1ccccc1)Cc1ccc(C(=O)N[C@@H](Cc2ccccc2)c2ccccc2)o1. The fraction of sp³-hybridized carbons (Fsp3) is 0.179. The van der Waals surface area contributed by atoms with Crippen LogP contribution in [0.15, 0.2) is 108 Å². The van der Waals surface area contributed by atoms with E-state index in [4.69, 9.17) is 4.42 Å². The van der Waals surface area contributed by atoms with E-state index < -0.39 is 0 Å². The van der Waals surface area contributed by atoms with Crippen LogP contribution >= 0.6 is 0 Å². The Morgan fingerprint density at radius 2 is 1.38 bits per heavy atom. The lowest BCUT2D eigenvalue weighted by Crippen LogP contribution is -2.29. The molecule has 0 saturated heterocycles. The number of benzene rings is 3. The highest BCUT2D eigenvalue weighted by Gasteiger charge is 2.19. The Morgan fingerprint density at radius 1 is 0.781 bits per heavy atom. The third-order valence-corrected chi connectivity index (χ3v) is 5.40. The molecule has 0 aliphatic heterocycles. The molecule has 1 aromatic heterocycles. The molecule has 4 rings (SSSR count). The molecule has 162 valence electrons. The van der Waals surface area contributed by atoms with E-state index in [0.717, 1.165) is 17.9 Å². The standard InChI is InChI=1S/C28H28N2O2/c1-30(20-23-13-7-3-8-14-23)21-25-17-18-27(32-25)28(31)29-26(24-15-9-4-10-16-24)19-22-11-5-2-6-12-22/h2-18,26H,19-21H2,1H3,(H,29,31)/t26-/m0/s1. The molecule has 32 heavy (non-hydrogen) atoms. The van der Waals surface area contributed by atoms with Crippen LogP contribution in [0.1, 0.15) is 39.0 Å². The van der Waals surface area contributed by atoms with E-state index in [1.165, 1.54) is 11.1 Å². The Balaban J connectivity index is 1.41. The molecule has 4 aromatic rings. The second kappa shape index (κ2) is 10.6. The van der Waals surface area contributed by atoms with E-state index in [2.05, 4.69) is 34.5 Å². The zero-order chi connectivity index (χ0) is 22.2. The molecule has 4 nitrogen and oxygen atoms in total. The molecule has 1 heterocycles. The zero-order valence-electron chi connectivity index (χ0n) is 18.3. The van der Waals surface area contributed by atoms with Crippen molar-refractivity contribution in [2.45, 2.75) is 25.6 Å². The van der Waals surface area contributed by atoms with Crippen molar-refractivity contribution in [2.75, 3.05) is 7.05 Å². The quantitative estimate of drug-likeness (QED) is 0.379. The number of carbonyl (C=O) groups excluding carboxylic acids is 1. The molecule has 0 bridgehead atoms. The first-order valence-electron chi connectivity index (χ1n) is 10.9. The molecule has 1 atom stereocenters. The van der Waals surface area contributed by atoms with Crippen molar-refractivity contribution in [1.29, 1.82) is 0 Å². The van der Waals surface area contributed by atoms with Gasteiger partial charge in [0.1, 0.15) is 5.76 Å². The zero-order valence-corrected chi connectivity index (χ0v) is 18.3.